The van der Waals surface area contributed by atoms with E-state index < -0.39 is 17.8 Å². The van der Waals surface area contributed by atoms with E-state index in [1.807, 2.05) is 12.1 Å². The van der Waals surface area contributed by atoms with Crippen molar-refractivity contribution in [2.75, 3.05) is 5.01 Å². The highest BCUT2D eigenvalue weighted by Gasteiger charge is 2.68. The minimum Gasteiger partial charge on any atom is -0.362 e. The first-order chi connectivity index (χ1) is 13.9. The zero-order chi connectivity index (χ0) is 20.2. The van der Waals surface area contributed by atoms with Gasteiger partial charge in [0.15, 0.2) is 0 Å². The monoisotopic (exact) mass is 416 g/mol. The second kappa shape index (κ2) is 6.36. The number of anilines is 1. The smallest absolute Gasteiger partial charge is 0.362 e. The van der Waals surface area contributed by atoms with Crippen LogP contribution in [0.4, 0.5) is 18.3 Å². The molecule has 1 aliphatic heterocycles. The molecule has 3 aromatic rings. The number of alkyl halides is 3. The molecule has 9 heteroatoms. The number of hydrazone groups is 1. The van der Waals surface area contributed by atoms with Crippen LogP contribution in [0.25, 0.3) is 11.4 Å². The average molecular weight is 416 g/mol. The minimum absolute atomic E-state index is 0.0233. The van der Waals surface area contributed by atoms with Crippen LogP contribution in [0.1, 0.15) is 17.5 Å². The summed E-state index contributed by atoms with van der Waals surface area (Å²) in [5.41, 5.74) is -0.334. The molecular formula is C20H15F3N4OS. The molecule has 0 fully saturated rings. The van der Waals surface area contributed by atoms with Gasteiger partial charge in [0.2, 0.25) is 5.13 Å². The van der Waals surface area contributed by atoms with Crippen molar-refractivity contribution in [1.82, 2.24) is 9.97 Å². The molecule has 2 atom stereocenters. The van der Waals surface area contributed by atoms with E-state index in [4.69, 9.17) is 0 Å². The van der Waals surface area contributed by atoms with Crippen LogP contribution in [0.2, 0.25) is 0 Å². The fourth-order valence-corrected chi connectivity index (χ4v) is 4.78. The molecule has 0 saturated heterocycles. The third-order valence-corrected chi connectivity index (χ3v) is 6.18. The Morgan fingerprint density at radius 1 is 1.10 bits per heavy atom. The Kier molecular flexibility index (Phi) is 4.01. The Balaban J connectivity index is 1.63. The highest BCUT2D eigenvalue weighted by molar-refractivity contribution is 7.14. The number of aromatic nitrogens is 2. The lowest BCUT2D eigenvalue weighted by atomic mass is 9.77. The summed E-state index contributed by atoms with van der Waals surface area (Å²) in [5, 5.41) is 17.5. The van der Waals surface area contributed by atoms with Crippen LogP contribution >= 0.6 is 11.3 Å². The minimum atomic E-state index is -4.91. The molecule has 0 bridgehead atoms. The molecule has 5 nitrogen and oxygen atoms in total. The number of halogens is 3. The second-order valence-corrected chi connectivity index (χ2v) is 7.84. The summed E-state index contributed by atoms with van der Waals surface area (Å²) >= 11 is 0.995. The number of fused-ring (bicyclic) bond motifs is 3. The summed E-state index contributed by atoms with van der Waals surface area (Å²) in [6, 6.07) is 12.5. The number of hydrogen-bond acceptors (Lipinski definition) is 6. The van der Waals surface area contributed by atoms with Crippen molar-refractivity contribution in [3.05, 3.63) is 65.2 Å². The van der Waals surface area contributed by atoms with Crippen LogP contribution < -0.4 is 5.01 Å². The highest BCUT2D eigenvalue weighted by Crippen LogP contribution is 2.50. The van der Waals surface area contributed by atoms with Gasteiger partial charge < -0.3 is 5.11 Å². The van der Waals surface area contributed by atoms with E-state index in [2.05, 4.69) is 15.1 Å². The third-order valence-electron chi connectivity index (χ3n) is 5.36. The summed E-state index contributed by atoms with van der Waals surface area (Å²) in [7, 11) is 0. The first-order valence-electron chi connectivity index (χ1n) is 9.02. The topological polar surface area (TPSA) is 61.6 Å². The Labute approximate surface area is 168 Å². The Bertz CT molecular complexity index is 1100. The van der Waals surface area contributed by atoms with E-state index >= 15 is 0 Å². The van der Waals surface area contributed by atoms with Gasteiger partial charge in [-0.05, 0) is 30.5 Å². The van der Waals surface area contributed by atoms with Crippen molar-refractivity contribution >= 4 is 22.2 Å². The molecule has 3 heterocycles. The van der Waals surface area contributed by atoms with Gasteiger partial charge in [-0.25, -0.2) is 4.98 Å². The molecule has 0 radical (unpaired) electrons. The summed E-state index contributed by atoms with van der Waals surface area (Å²) in [5.74, 6) is -1.18. The molecule has 0 amide bonds. The Morgan fingerprint density at radius 3 is 2.66 bits per heavy atom. The number of aliphatic hydroxyl groups is 1. The standard InChI is InChI=1S/C20H15F3N4OS/c21-20(22,23)19(28)14-9-8-12-5-1-2-6-13(12)17(14)26-27(19)18-25-16(11-29-18)15-7-3-4-10-24-15/h1-7,10-11,14,28H,8-9H2/t14-,19+/m0/s1. The molecule has 1 aromatic carbocycles. The van der Waals surface area contributed by atoms with Crippen molar-refractivity contribution in [2.24, 2.45) is 11.0 Å². The third kappa shape index (κ3) is 2.68. The van der Waals surface area contributed by atoms with Crippen LogP contribution in [0.3, 0.4) is 0 Å². The van der Waals surface area contributed by atoms with E-state index in [1.54, 1.807) is 41.9 Å². The lowest BCUT2D eigenvalue weighted by molar-refractivity contribution is -0.268. The van der Waals surface area contributed by atoms with Crippen molar-refractivity contribution in [2.45, 2.75) is 24.7 Å². The maximum atomic E-state index is 14.2. The SMILES string of the molecule is O[C@@]1(C(F)(F)F)[C@H]2CCc3ccccc3C2=NN1c1nc(-c2ccccn2)cs1. The van der Waals surface area contributed by atoms with Crippen LogP contribution in [0.15, 0.2) is 59.1 Å². The normalized spacial score (nSPS) is 23.5. The number of benzene rings is 1. The number of hydrogen-bond donors (Lipinski definition) is 1. The van der Waals surface area contributed by atoms with E-state index in [-0.39, 0.29) is 17.3 Å². The highest BCUT2D eigenvalue weighted by atomic mass is 32.1. The van der Waals surface area contributed by atoms with Gasteiger partial charge in [0.05, 0.1) is 17.3 Å². The first kappa shape index (κ1) is 18.3. The summed E-state index contributed by atoms with van der Waals surface area (Å²) in [6.07, 6.45) is -2.72. The summed E-state index contributed by atoms with van der Waals surface area (Å²) < 4.78 is 42.5. The van der Waals surface area contributed by atoms with Crippen LogP contribution in [0.5, 0.6) is 0 Å². The second-order valence-electron chi connectivity index (χ2n) is 7.00. The lowest BCUT2D eigenvalue weighted by Gasteiger charge is -2.38. The van der Waals surface area contributed by atoms with Gasteiger partial charge in [0.25, 0.3) is 5.72 Å². The molecular weight excluding hydrogens is 401 g/mol. The summed E-state index contributed by atoms with van der Waals surface area (Å²) in [4.78, 5) is 8.48. The number of thiazole rings is 1. The first-order valence-corrected chi connectivity index (χ1v) is 9.90. The van der Waals surface area contributed by atoms with Crippen LogP contribution in [-0.4, -0.2) is 32.7 Å². The van der Waals surface area contributed by atoms with Gasteiger partial charge in [0.1, 0.15) is 5.69 Å². The quantitative estimate of drug-likeness (QED) is 0.679. The molecule has 148 valence electrons. The molecule has 5 rings (SSSR count). The Morgan fingerprint density at radius 2 is 1.90 bits per heavy atom. The van der Waals surface area contributed by atoms with E-state index in [0.717, 1.165) is 16.9 Å². The molecule has 1 N–H and O–H groups in total. The predicted molar refractivity (Wildman–Crippen MR) is 104 cm³/mol. The molecule has 0 saturated carbocycles. The Hall–Kier alpha value is -2.78. The van der Waals surface area contributed by atoms with Gasteiger partial charge in [0, 0.05) is 17.1 Å². The van der Waals surface area contributed by atoms with Crippen molar-refractivity contribution in [3.63, 3.8) is 0 Å². The number of aryl methyl sites for hydroxylation is 1. The zero-order valence-corrected chi connectivity index (χ0v) is 15.8. The van der Waals surface area contributed by atoms with Gasteiger partial charge in [-0.2, -0.15) is 23.3 Å². The number of rotatable bonds is 2. The van der Waals surface area contributed by atoms with Gasteiger partial charge >= 0.3 is 6.18 Å². The lowest BCUT2D eigenvalue weighted by Crippen LogP contribution is -2.60. The van der Waals surface area contributed by atoms with E-state index in [0.29, 0.717) is 28.4 Å². The molecule has 0 unspecified atom stereocenters. The average Bonchev–Trinajstić information content (AvgIpc) is 3.32. The number of nitrogens with zero attached hydrogens (tertiary/aromatic N) is 4. The fourth-order valence-electron chi connectivity index (χ4n) is 3.96. The van der Waals surface area contributed by atoms with Gasteiger partial charge in [-0.3, -0.25) is 4.98 Å². The van der Waals surface area contributed by atoms with Crippen molar-refractivity contribution < 1.29 is 18.3 Å². The maximum absolute atomic E-state index is 14.2. The predicted octanol–water partition coefficient (Wildman–Crippen LogP) is 4.24. The van der Waals surface area contributed by atoms with Gasteiger partial charge in [-0.1, -0.05) is 30.3 Å². The van der Waals surface area contributed by atoms with Gasteiger partial charge in [-0.15, -0.1) is 11.3 Å². The summed E-state index contributed by atoms with van der Waals surface area (Å²) in [6.45, 7) is 0. The van der Waals surface area contributed by atoms with Crippen molar-refractivity contribution in [1.29, 1.82) is 0 Å². The van der Waals surface area contributed by atoms with Crippen LogP contribution in [0, 0.1) is 5.92 Å². The maximum Gasteiger partial charge on any atom is 0.439 e. The van der Waals surface area contributed by atoms with Crippen molar-refractivity contribution in [3.8, 4) is 11.4 Å². The zero-order valence-electron chi connectivity index (χ0n) is 15.0. The molecule has 0 spiro atoms. The van der Waals surface area contributed by atoms with E-state index in [1.165, 1.54) is 0 Å². The number of pyridine rings is 1. The van der Waals surface area contributed by atoms with E-state index in [9.17, 15) is 18.3 Å². The molecule has 2 aliphatic rings. The fraction of sp³-hybridized carbons (Fsp3) is 0.250. The molecule has 29 heavy (non-hydrogen) atoms. The largest absolute Gasteiger partial charge is 0.439 e. The van der Waals surface area contributed by atoms with Crippen LogP contribution in [-0.2, 0) is 6.42 Å². The molecule has 1 aliphatic carbocycles. The molecule has 2 aromatic heterocycles.